The number of Topliss-reactive ketones (excluding diaryl/α,β-unsaturated/α-hetero) is 1. The van der Waals surface area contributed by atoms with Crippen LogP contribution in [-0.2, 0) is 11.2 Å². The van der Waals surface area contributed by atoms with Gasteiger partial charge in [-0.2, -0.15) is 0 Å². The number of carbonyl (C=O) groups excluding carboxylic acids is 2. The van der Waals surface area contributed by atoms with Crippen LogP contribution in [0.25, 0.3) is 0 Å². The van der Waals surface area contributed by atoms with Crippen LogP contribution in [0.5, 0.6) is 5.75 Å². The summed E-state index contributed by atoms with van der Waals surface area (Å²) in [6.07, 6.45) is 12.7. The Morgan fingerprint density at radius 1 is 1.12 bits per heavy atom. The number of ketones is 1. The molecule has 1 fully saturated rings. The van der Waals surface area contributed by atoms with Crippen LogP contribution in [0.2, 0.25) is 5.02 Å². The van der Waals surface area contributed by atoms with Crippen molar-refractivity contribution in [2.75, 3.05) is 6.54 Å². The number of ether oxygens (including phenoxy) is 1. The van der Waals surface area contributed by atoms with Gasteiger partial charge in [-0.3, -0.25) is 9.59 Å². The number of benzene rings is 1. The summed E-state index contributed by atoms with van der Waals surface area (Å²) in [4.78, 5) is 25.8. The lowest BCUT2D eigenvalue weighted by molar-refractivity contribution is -0.115. The zero-order chi connectivity index (χ0) is 22.7. The van der Waals surface area contributed by atoms with E-state index in [2.05, 4.69) is 23.5 Å². The maximum Gasteiger partial charge on any atom is 0.252 e. The summed E-state index contributed by atoms with van der Waals surface area (Å²) in [7, 11) is 0. The largest absolute Gasteiger partial charge is 0.490 e. The van der Waals surface area contributed by atoms with E-state index >= 15 is 0 Å². The van der Waals surface area contributed by atoms with Gasteiger partial charge in [-0.05, 0) is 69.6 Å². The first-order valence-corrected chi connectivity index (χ1v) is 11.9. The third-order valence-corrected chi connectivity index (χ3v) is 6.73. The molecule has 5 nitrogen and oxygen atoms in total. The number of hydrogen-bond acceptors (Lipinski definition) is 4. The van der Waals surface area contributed by atoms with Crippen LogP contribution >= 0.6 is 11.6 Å². The summed E-state index contributed by atoms with van der Waals surface area (Å²) in [5.41, 5.74) is 10.2. The average molecular weight is 455 g/mol. The number of carbonyl (C=O) groups is 2. The molecule has 3 aliphatic rings. The van der Waals surface area contributed by atoms with Crippen LogP contribution in [0.1, 0.15) is 67.8 Å². The number of halogens is 1. The van der Waals surface area contributed by atoms with Crippen molar-refractivity contribution in [3.05, 3.63) is 63.2 Å². The Labute approximate surface area is 194 Å². The smallest absolute Gasteiger partial charge is 0.252 e. The summed E-state index contributed by atoms with van der Waals surface area (Å²) in [6.45, 7) is 2.20. The fourth-order valence-electron chi connectivity index (χ4n) is 4.75. The van der Waals surface area contributed by atoms with E-state index in [-0.39, 0.29) is 30.4 Å². The highest BCUT2D eigenvalue weighted by Gasteiger charge is 2.25. The average Bonchev–Trinajstić information content (AvgIpc) is 2.74. The van der Waals surface area contributed by atoms with Gasteiger partial charge in [0, 0.05) is 40.7 Å². The summed E-state index contributed by atoms with van der Waals surface area (Å²) in [5, 5.41) is 3.43. The van der Waals surface area contributed by atoms with Crippen LogP contribution in [0, 0.1) is 0 Å². The topological polar surface area (TPSA) is 81.4 Å². The van der Waals surface area contributed by atoms with Gasteiger partial charge < -0.3 is 15.8 Å². The highest BCUT2D eigenvalue weighted by Crippen LogP contribution is 2.32. The van der Waals surface area contributed by atoms with Gasteiger partial charge in [0.15, 0.2) is 5.78 Å². The number of fused-ring (bicyclic) bond motifs is 1. The lowest BCUT2D eigenvalue weighted by Gasteiger charge is -2.28. The zero-order valence-electron chi connectivity index (χ0n) is 18.6. The quantitative estimate of drug-likeness (QED) is 0.627. The van der Waals surface area contributed by atoms with Crippen molar-refractivity contribution in [1.29, 1.82) is 0 Å². The zero-order valence-corrected chi connectivity index (χ0v) is 19.3. The van der Waals surface area contributed by atoms with Crippen molar-refractivity contribution in [2.45, 2.75) is 70.4 Å². The number of nitrogens with one attached hydrogen (secondary N) is 1. The monoisotopic (exact) mass is 454 g/mol. The third-order valence-electron chi connectivity index (χ3n) is 6.51. The molecule has 0 spiro atoms. The molecule has 1 aromatic rings. The number of allylic oxidation sites excluding steroid dienone is 5. The minimum atomic E-state index is -0.238. The molecule has 170 valence electrons. The fraction of sp³-hybridized carbons (Fsp3) is 0.462. The molecule has 1 amide bonds. The van der Waals surface area contributed by atoms with Crippen molar-refractivity contribution in [3.8, 4) is 5.75 Å². The maximum absolute atomic E-state index is 13.2. The molecule has 0 saturated heterocycles. The second-order valence-corrected chi connectivity index (χ2v) is 9.51. The van der Waals surface area contributed by atoms with E-state index in [0.717, 1.165) is 55.2 Å². The molecule has 2 aliphatic carbocycles. The van der Waals surface area contributed by atoms with E-state index in [0.29, 0.717) is 34.8 Å². The van der Waals surface area contributed by atoms with Crippen LogP contribution in [0.15, 0.2) is 47.1 Å². The lowest BCUT2D eigenvalue weighted by Crippen LogP contribution is -2.32. The van der Waals surface area contributed by atoms with E-state index in [9.17, 15) is 9.59 Å². The molecule has 1 aromatic carbocycles. The first kappa shape index (κ1) is 22.8. The van der Waals surface area contributed by atoms with Gasteiger partial charge in [0.2, 0.25) is 0 Å². The second-order valence-electron chi connectivity index (χ2n) is 9.08. The van der Waals surface area contributed by atoms with Gasteiger partial charge in [-0.15, -0.1) is 0 Å². The molecule has 6 heteroatoms. The van der Waals surface area contributed by atoms with Crippen molar-refractivity contribution >= 4 is 23.3 Å². The van der Waals surface area contributed by atoms with Crippen molar-refractivity contribution in [3.63, 3.8) is 0 Å². The molecule has 0 bridgehead atoms. The first-order chi connectivity index (χ1) is 15.4. The molecule has 0 unspecified atom stereocenters. The van der Waals surface area contributed by atoms with Gasteiger partial charge in [-0.25, -0.2) is 0 Å². The molecular formula is C26H31ClN2O3. The fourth-order valence-corrected chi connectivity index (χ4v) is 4.96. The normalized spacial score (nSPS) is 25.5. The van der Waals surface area contributed by atoms with E-state index < -0.39 is 0 Å². The van der Waals surface area contributed by atoms with E-state index in [1.54, 1.807) is 12.1 Å². The predicted molar refractivity (Wildman–Crippen MR) is 127 cm³/mol. The van der Waals surface area contributed by atoms with Crippen molar-refractivity contribution < 1.29 is 14.3 Å². The van der Waals surface area contributed by atoms with Crippen LogP contribution < -0.4 is 15.8 Å². The number of amides is 1. The molecule has 1 heterocycles. The van der Waals surface area contributed by atoms with Gasteiger partial charge >= 0.3 is 0 Å². The molecule has 3 N–H and O–H groups in total. The highest BCUT2D eigenvalue weighted by atomic mass is 35.5. The summed E-state index contributed by atoms with van der Waals surface area (Å²) in [5.74, 6) is 0.516. The Balaban J connectivity index is 1.64. The Morgan fingerprint density at radius 3 is 2.69 bits per heavy atom. The van der Waals surface area contributed by atoms with Gasteiger partial charge in [0.25, 0.3) is 5.91 Å². The van der Waals surface area contributed by atoms with Crippen LogP contribution in [0.4, 0.5) is 0 Å². The molecule has 1 aliphatic heterocycles. The minimum absolute atomic E-state index is 0.0772. The van der Waals surface area contributed by atoms with E-state index in [1.165, 1.54) is 0 Å². The summed E-state index contributed by atoms with van der Waals surface area (Å²) < 4.78 is 6.35. The van der Waals surface area contributed by atoms with Gasteiger partial charge in [-0.1, -0.05) is 35.4 Å². The number of nitrogens with two attached hydrogens (primary N) is 1. The molecule has 0 atom stereocenters. The van der Waals surface area contributed by atoms with Crippen molar-refractivity contribution in [1.82, 2.24) is 5.32 Å². The Kier molecular flexibility index (Phi) is 7.17. The minimum Gasteiger partial charge on any atom is -0.490 e. The maximum atomic E-state index is 13.2. The van der Waals surface area contributed by atoms with E-state index in [1.807, 2.05) is 6.92 Å². The van der Waals surface area contributed by atoms with E-state index in [4.69, 9.17) is 22.1 Å². The molecule has 0 aromatic heterocycles. The molecule has 0 radical (unpaired) electrons. The highest BCUT2D eigenvalue weighted by molar-refractivity contribution is 6.31. The lowest BCUT2D eigenvalue weighted by atomic mass is 9.89. The summed E-state index contributed by atoms with van der Waals surface area (Å²) >= 11 is 6.39. The van der Waals surface area contributed by atoms with Crippen molar-refractivity contribution in [2.24, 2.45) is 5.73 Å². The van der Waals surface area contributed by atoms with Gasteiger partial charge in [0.1, 0.15) is 5.75 Å². The molecular weight excluding hydrogens is 424 g/mol. The molecule has 32 heavy (non-hydrogen) atoms. The Bertz CT molecular complexity index is 1000. The first-order valence-electron chi connectivity index (χ1n) is 11.5. The Hall–Kier alpha value is -2.37. The molecule has 1 saturated carbocycles. The Morgan fingerprint density at radius 2 is 1.91 bits per heavy atom. The second kappa shape index (κ2) is 10.1. The van der Waals surface area contributed by atoms with Crippen LogP contribution in [-0.4, -0.2) is 30.4 Å². The predicted octanol–water partition coefficient (Wildman–Crippen LogP) is 4.83. The van der Waals surface area contributed by atoms with Crippen LogP contribution in [0.3, 0.4) is 0 Å². The van der Waals surface area contributed by atoms with Gasteiger partial charge in [0.05, 0.1) is 6.10 Å². The third kappa shape index (κ3) is 5.33. The number of hydrogen-bond donors (Lipinski definition) is 2. The molecule has 4 rings (SSSR count). The standard InChI is InChI=1S/C26H31ClN2O3/c1-16-11-17-5-3-2-4-6-21-22(26(31)29-15-23(17)24(30)12-16)13-18(27)14-25(21)32-20-9-7-19(28)8-10-20/h2,4,11,13-14,19-20H,3,5-10,12,15,28H2,1H3,(H,29,31)/b4-2+. The SMILES string of the molecule is CC1=CC2=C(CNC(=O)c3cc(Cl)cc(OC4CCC(N)CC4)c3C/C=C/CC2)C(=O)C1. The summed E-state index contributed by atoms with van der Waals surface area (Å²) in [6, 6.07) is 3.74. The number of rotatable bonds is 2.